The van der Waals surface area contributed by atoms with Gasteiger partial charge in [-0.1, -0.05) is 43.0 Å². The molecule has 1 atom stereocenters. The number of hydrogen-bond donors (Lipinski definition) is 2. The van der Waals surface area contributed by atoms with E-state index in [1.807, 2.05) is 54.6 Å². The fraction of sp³-hybridized carbons (Fsp3) is 0.0556. The summed E-state index contributed by atoms with van der Waals surface area (Å²) in [5.74, 6) is 0. The minimum absolute atomic E-state index is 0.615. The van der Waals surface area contributed by atoms with Crippen molar-refractivity contribution in [2.45, 2.75) is 6.10 Å². The second-order valence-electron chi connectivity index (χ2n) is 4.79. The summed E-state index contributed by atoms with van der Waals surface area (Å²) in [6.45, 7) is 3.73. The molecule has 0 fully saturated rings. The molecule has 0 aliphatic rings. The zero-order valence-corrected chi connectivity index (χ0v) is 11.5. The molecule has 3 heteroatoms. The maximum absolute atomic E-state index is 10.6. The van der Waals surface area contributed by atoms with E-state index in [-0.39, 0.29) is 0 Å². The molecule has 0 saturated carbocycles. The zero-order chi connectivity index (χ0) is 14.7. The molecule has 0 amide bonds. The van der Waals surface area contributed by atoms with E-state index in [0.717, 1.165) is 22.2 Å². The number of nitrogens with zero attached hydrogens (tertiary/aromatic N) is 1. The molecule has 1 aromatic carbocycles. The molecule has 3 aromatic rings. The van der Waals surface area contributed by atoms with Gasteiger partial charge in [0.1, 0.15) is 6.10 Å². The molecular formula is C18H16N2O. The van der Waals surface area contributed by atoms with Crippen LogP contribution in [0.1, 0.15) is 17.5 Å². The van der Waals surface area contributed by atoms with Crippen LogP contribution < -0.4 is 0 Å². The first-order valence-electron chi connectivity index (χ1n) is 6.79. The topological polar surface area (TPSA) is 48.9 Å². The first-order chi connectivity index (χ1) is 10.3. The minimum Gasteiger partial charge on any atom is -0.382 e. The van der Waals surface area contributed by atoms with Gasteiger partial charge < -0.3 is 10.1 Å². The van der Waals surface area contributed by atoms with Gasteiger partial charge in [0.25, 0.3) is 0 Å². The smallest absolute Gasteiger partial charge is 0.123 e. The van der Waals surface area contributed by atoms with Crippen molar-refractivity contribution in [3.05, 3.63) is 84.8 Å². The fourth-order valence-electron chi connectivity index (χ4n) is 2.38. The van der Waals surface area contributed by atoms with Gasteiger partial charge >= 0.3 is 0 Å². The van der Waals surface area contributed by atoms with E-state index in [1.165, 1.54) is 0 Å². The lowest BCUT2D eigenvalue weighted by Gasteiger charge is -2.13. The summed E-state index contributed by atoms with van der Waals surface area (Å²) in [6, 6.07) is 15.5. The predicted octanol–water partition coefficient (Wildman–Crippen LogP) is 3.87. The largest absolute Gasteiger partial charge is 0.382 e. The van der Waals surface area contributed by atoms with Crippen LogP contribution in [0.3, 0.4) is 0 Å². The van der Waals surface area contributed by atoms with Crippen molar-refractivity contribution in [3.63, 3.8) is 0 Å². The van der Waals surface area contributed by atoms with Crippen molar-refractivity contribution >= 4 is 16.5 Å². The molecule has 3 nitrogen and oxygen atoms in total. The number of benzene rings is 1. The number of para-hydroxylation sites is 1. The van der Waals surface area contributed by atoms with Gasteiger partial charge in [-0.3, -0.25) is 4.98 Å². The number of aliphatic hydroxyl groups is 1. The first kappa shape index (κ1) is 13.3. The summed E-state index contributed by atoms with van der Waals surface area (Å²) in [5.41, 5.74) is 3.27. The molecule has 21 heavy (non-hydrogen) atoms. The van der Waals surface area contributed by atoms with Crippen molar-refractivity contribution < 1.29 is 5.11 Å². The second kappa shape index (κ2) is 5.77. The van der Waals surface area contributed by atoms with Crippen LogP contribution in [0.4, 0.5) is 0 Å². The van der Waals surface area contributed by atoms with Crippen LogP contribution in [0.2, 0.25) is 0 Å². The van der Waals surface area contributed by atoms with Crippen LogP contribution in [-0.4, -0.2) is 15.1 Å². The molecule has 104 valence electrons. The Bertz CT molecular complexity index is 754. The maximum atomic E-state index is 10.6. The number of aliphatic hydroxyl groups excluding tert-OH is 1. The Kier molecular flexibility index (Phi) is 3.67. The Balaban J connectivity index is 2.06. The number of fused-ring (bicyclic) bond motifs is 1. The molecule has 0 radical (unpaired) electrons. The van der Waals surface area contributed by atoms with Gasteiger partial charge in [-0.25, -0.2) is 0 Å². The average Bonchev–Trinajstić information content (AvgIpc) is 2.96. The highest BCUT2D eigenvalue weighted by Gasteiger charge is 2.17. The van der Waals surface area contributed by atoms with Crippen molar-refractivity contribution in [3.8, 4) is 0 Å². The zero-order valence-electron chi connectivity index (χ0n) is 11.5. The molecule has 0 saturated heterocycles. The number of rotatable bonds is 4. The van der Waals surface area contributed by atoms with Crippen molar-refractivity contribution in [2.24, 2.45) is 0 Å². The molecule has 0 spiro atoms. The Morgan fingerprint density at radius 3 is 2.71 bits per heavy atom. The summed E-state index contributed by atoms with van der Waals surface area (Å²) >= 11 is 0. The van der Waals surface area contributed by atoms with Gasteiger partial charge in [0.05, 0.1) is 5.69 Å². The number of pyridine rings is 1. The Labute approximate surface area is 123 Å². The summed E-state index contributed by atoms with van der Waals surface area (Å²) in [4.78, 5) is 7.55. The lowest BCUT2D eigenvalue weighted by atomic mass is 10.0. The van der Waals surface area contributed by atoms with Crippen molar-refractivity contribution in [1.82, 2.24) is 9.97 Å². The molecule has 3 rings (SSSR count). The second-order valence-corrected chi connectivity index (χ2v) is 4.79. The molecule has 0 bridgehead atoms. The van der Waals surface area contributed by atoms with Gasteiger partial charge in [-0.2, -0.15) is 0 Å². The van der Waals surface area contributed by atoms with Gasteiger partial charge in [0.15, 0.2) is 0 Å². The van der Waals surface area contributed by atoms with Crippen LogP contribution in [0, 0.1) is 0 Å². The van der Waals surface area contributed by atoms with Gasteiger partial charge in [0.2, 0.25) is 0 Å². The van der Waals surface area contributed by atoms with Gasteiger partial charge in [-0.05, 0) is 29.7 Å². The van der Waals surface area contributed by atoms with E-state index in [1.54, 1.807) is 12.3 Å². The van der Waals surface area contributed by atoms with Crippen LogP contribution in [0.25, 0.3) is 16.5 Å². The number of aromatic nitrogens is 2. The number of H-pyrrole nitrogens is 1. The summed E-state index contributed by atoms with van der Waals surface area (Å²) in [6.07, 6.45) is 4.36. The number of nitrogens with one attached hydrogen (secondary N) is 1. The first-order valence-corrected chi connectivity index (χ1v) is 6.79. The number of hydrogen-bond acceptors (Lipinski definition) is 2. The van der Waals surface area contributed by atoms with Crippen molar-refractivity contribution in [2.75, 3.05) is 0 Å². The Hall–Kier alpha value is -2.65. The predicted molar refractivity (Wildman–Crippen MR) is 85.7 cm³/mol. The van der Waals surface area contributed by atoms with Gasteiger partial charge in [-0.15, -0.1) is 0 Å². The molecule has 2 N–H and O–H groups in total. The Morgan fingerprint density at radius 2 is 2.00 bits per heavy atom. The minimum atomic E-state index is -0.794. The third kappa shape index (κ3) is 2.64. The monoisotopic (exact) mass is 276 g/mol. The van der Waals surface area contributed by atoms with E-state index >= 15 is 0 Å². The van der Waals surface area contributed by atoms with Gasteiger partial charge in [0, 0.05) is 23.0 Å². The summed E-state index contributed by atoms with van der Waals surface area (Å²) in [7, 11) is 0. The molecule has 2 aromatic heterocycles. The SMILES string of the molecule is C=C/C=C(\c1cc2ccccc2[nH]1)[C@H](O)c1ccccn1. The highest BCUT2D eigenvalue weighted by molar-refractivity contribution is 5.85. The van der Waals surface area contributed by atoms with Crippen LogP contribution in [0.5, 0.6) is 0 Å². The molecular weight excluding hydrogens is 260 g/mol. The van der Waals surface area contributed by atoms with Crippen molar-refractivity contribution in [1.29, 1.82) is 0 Å². The maximum Gasteiger partial charge on any atom is 0.123 e. The van der Waals surface area contributed by atoms with E-state index in [2.05, 4.69) is 16.5 Å². The van der Waals surface area contributed by atoms with E-state index in [0.29, 0.717) is 5.69 Å². The third-order valence-corrected chi connectivity index (χ3v) is 3.40. The fourth-order valence-corrected chi connectivity index (χ4v) is 2.38. The summed E-state index contributed by atoms with van der Waals surface area (Å²) in [5, 5.41) is 11.7. The quantitative estimate of drug-likeness (QED) is 0.711. The summed E-state index contributed by atoms with van der Waals surface area (Å²) < 4.78 is 0. The molecule has 0 unspecified atom stereocenters. The van der Waals surface area contributed by atoms with Crippen LogP contribution in [0.15, 0.2) is 73.5 Å². The molecule has 2 heterocycles. The van der Waals surface area contributed by atoms with Crippen LogP contribution >= 0.6 is 0 Å². The normalized spacial score (nSPS) is 13.3. The lowest BCUT2D eigenvalue weighted by molar-refractivity contribution is 0.233. The van der Waals surface area contributed by atoms with E-state index in [9.17, 15) is 5.11 Å². The number of allylic oxidation sites excluding steroid dienone is 2. The standard InChI is InChI=1S/C18H16N2O/c1-2-7-14(18(21)16-10-5-6-11-19-16)17-12-13-8-3-4-9-15(13)20-17/h2-12,18,20-21H,1H2/b14-7+/t18-/m0/s1. The highest BCUT2D eigenvalue weighted by atomic mass is 16.3. The van der Waals surface area contributed by atoms with E-state index < -0.39 is 6.10 Å². The van der Waals surface area contributed by atoms with Crippen LogP contribution in [-0.2, 0) is 0 Å². The lowest BCUT2D eigenvalue weighted by Crippen LogP contribution is -2.03. The highest BCUT2D eigenvalue weighted by Crippen LogP contribution is 2.30. The molecule has 0 aliphatic carbocycles. The average molecular weight is 276 g/mol. The Morgan fingerprint density at radius 1 is 1.19 bits per heavy atom. The third-order valence-electron chi connectivity index (χ3n) is 3.40. The number of aromatic amines is 1. The van der Waals surface area contributed by atoms with E-state index in [4.69, 9.17) is 0 Å². The molecule has 0 aliphatic heterocycles.